The molecule has 1 heterocycles. The van der Waals surface area contributed by atoms with Gasteiger partial charge in [-0.3, -0.25) is 0 Å². The van der Waals surface area contributed by atoms with Gasteiger partial charge >= 0.3 is 0 Å². The van der Waals surface area contributed by atoms with Gasteiger partial charge in [-0.1, -0.05) is 6.92 Å². The Labute approximate surface area is 97.2 Å². The zero-order valence-corrected chi connectivity index (χ0v) is 10.1. The molecular weight excluding hydrogens is 202 g/mol. The summed E-state index contributed by atoms with van der Waals surface area (Å²) in [6.45, 7) is 3.83. The van der Waals surface area contributed by atoms with Crippen LogP contribution in [0.4, 0.5) is 5.82 Å². The second-order valence-corrected chi connectivity index (χ2v) is 3.96. The van der Waals surface area contributed by atoms with Crippen LogP contribution in [0.3, 0.4) is 0 Å². The zero-order chi connectivity index (χ0) is 11.8. The lowest BCUT2D eigenvalue weighted by atomic mass is 10.1. The van der Waals surface area contributed by atoms with E-state index < -0.39 is 0 Å². The summed E-state index contributed by atoms with van der Waals surface area (Å²) >= 11 is 0. The summed E-state index contributed by atoms with van der Waals surface area (Å²) in [7, 11) is 1.65. The lowest BCUT2D eigenvalue weighted by Crippen LogP contribution is -2.12. The quantitative estimate of drug-likeness (QED) is 0.693. The van der Waals surface area contributed by atoms with Gasteiger partial charge in [-0.25, -0.2) is 4.98 Å². The zero-order valence-electron chi connectivity index (χ0n) is 10.1. The van der Waals surface area contributed by atoms with Gasteiger partial charge in [0.15, 0.2) is 11.6 Å². The van der Waals surface area contributed by atoms with Crippen LogP contribution in [0.1, 0.15) is 19.8 Å². The first kappa shape index (κ1) is 12.8. The van der Waals surface area contributed by atoms with Crippen LogP contribution in [0.5, 0.6) is 5.75 Å². The van der Waals surface area contributed by atoms with E-state index in [1.807, 2.05) is 12.1 Å². The first-order valence-corrected chi connectivity index (χ1v) is 5.71. The molecule has 0 fully saturated rings. The third-order valence-electron chi connectivity index (χ3n) is 2.56. The normalized spacial score (nSPS) is 12.2. The minimum Gasteiger partial charge on any atom is -0.493 e. The molecule has 16 heavy (non-hydrogen) atoms. The lowest BCUT2D eigenvalue weighted by molar-refractivity contribution is 0.414. The molecule has 0 saturated heterocycles. The van der Waals surface area contributed by atoms with Crippen molar-refractivity contribution in [2.24, 2.45) is 11.7 Å². The maximum atomic E-state index is 5.56. The van der Waals surface area contributed by atoms with Gasteiger partial charge in [-0.15, -0.1) is 0 Å². The Balaban J connectivity index is 2.31. The van der Waals surface area contributed by atoms with Gasteiger partial charge in [0.25, 0.3) is 0 Å². The first-order valence-electron chi connectivity index (χ1n) is 5.71. The van der Waals surface area contributed by atoms with Gasteiger partial charge in [-0.2, -0.15) is 0 Å². The van der Waals surface area contributed by atoms with Crippen LogP contribution < -0.4 is 15.8 Å². The highest BCUT2D eigenvalue weighted by atomic mass is 16.5. The Morgan fingerprint density at radius 3 is 3.06 bits per heavy atom. The number of hydrogen-bond acceptors (Lipinski definition) is 4. The standard InChI is InChI=1S/C12H21N3O/c1-10(9-13)5-3-7-14-12-11(16-2)6-4-8-15-12/h4,6,8,10H,3,5,7,9,13H2,1-2H3,(H,14,15). The number of nitrogens with one attached hydrogen (secondary N) is 1. The van der Waals surface area contributed by atoms with Crippen molar-refractivity contribution in [3.63, 3.8) is 0 Å². The van der Waals surface area contributed by atoms with E-state index in [4.69, 9.17) is 10.5 Å². The van der Waals surface area contributed by atoms with Crippen molar-refractivity contribution in [2.75, 3.05) is 25.5 Å². The number of ether oxygens (including phenoxy) is 1. The molecule has 1 unspecified atom stereocenters. The second-order valence-electron chi connectivity index (χ2n) is 3.96. The Morgan fingerprint density at radius 2 is 2.38 bits per heavy atom. The van der Waals surface area contributed by atoms with Crippen LogP contribution in [-0.4, -0.2) is 25.2 Å². The van der Waals surface area contributed by atoms with Gasteiger partial charge in [0.2, 0.25) is 0 Å². The molecule has 1 rings (SSSR count). The molecule has 4 nitrogen and oxygen atoms in total. The Morgan fingerprint density at radius 1 is 1.56 bits per heavy atom. The highest BCUT2D eigenvalue weighted by Crippen LogP contribution is 2.19. The van der Waals surface area contributed by atoms with Crippen molar-refractivity contribution in [2.45, 2.75) is 19.8 Å². The second kappa shape index (κ2) is 7.06. The molecule has 90 valence electrons. The monoisotopic (exact) mass is 223 g/mol. The fraction of sp³-hybridized carbons (Fsp3) is 0.583. The third kappa shape index (κ3) is 4.06. The summed E-state index contributed by atoms with van der Waals surface area (Å²) in [6.07, 6.45) is 3.99. The van der Waals surface area contributed by atoms with E-state index in [0.717, 1.165) is 37.5 Å². The van der Waals surface area contributed by atoms with Crippen LogP contribution in [0.15, 0.2) is 18.3 Å². The van der Waals surface area contributed by atoms with Crippen LogP contribution in [0, 0.1) is 5.92 Å². The van der Waals surface area contributed by atoms with Crippen LogP contribution in [0.25, 0.3) is 0 Å². The lowest BCUT2D eigenvalue weighted by Gasteiger charge is -2.11. The highest BCUT2D eigenvalue weighted by molar-refractivity contribution is 5.49. The molecule has 3 N–H and O–H groups in total. The molecule has 1 atom stereocenters. The molecule has 1 aromatic rings. The molecule has 0 aromatic carbocycles. The average Bonchev–Trinajstić information content (AvgIpc) is 2.34. The molecule has 0 aliphatic heterocycles. The van der Waals surface area contributed by atoms with Gasteiger partial charge in [0.1, 0.15) is 0 Å². The van der Waals surface area contributed by atoms with Crippen molar-refractivity contribution in [1.82, 2.24) is 4.98 Å². The SMILES string of the molecule is COc1cccnc1NCCCC(C)CN. The van der Waals surface area contributed by atoms with Crippen LogP contribution in [0.2, 0.25) is 0 Å². The molecule has 0 bridgehead atoms. The summed E-state index contributed by atoms with van der Waals surface area (Å²) in [4.78, 5) is 4.23. The van der Waals surface area contributed by atoms with Crippen molar-refractivity contribution in [1.29, 1.82) is 0 Å². The summed E-state index contributed by atoms with van der Waals surface area (Å²) in [5, 5.41) is 3.27. The minimum absolute atomic E-state index is 0.590. The van der Waals surface area contributed by atoms with Crippen molar-refractivity contribution >= 4 is 5.82 Å². The summed E-state index contributed by atoms with van der Waals surface area (Å²) in [6, 6.07) is 3.76. The maximum Gasteiger partial charge on any atom is 0.168 e. The number of nitrogens with zero attached hydrogens (tertiary/aromatic N) is 1. The third-order valence-corrected chi connectivity index (χ3v) is 2.56. The first-order chi connectivity index (χ1) is 7.77. The number of methoxy groups -OCH3 is 1. The number of aromatic nitrogens is 1. The molecule has 0 amide bonds. The topological polar surface area (TPSA) is 60.2 Å². The molecule has 0 spiro atoms. The fourth-order valence-corrected chi connectivity index (χ4v) is 1.46. The van der Waals surface area contributed by atoms with Gasteiger partial charge < -0.3 is 15.8 Å². The summed E-state index contributed by atoms with van der Waals surface area (Å²) < 4.78 is 5.20. The van der Waals surface area contributed by atoms with E-state index in [9.17, 15) is 0 Å². The number of hydrogen-bond donors (Lipinski definition) is 2. The average molecular weight is 223 g/mol. The van der Waals surface area contributed by atoms with E-state index in [0.29, 0.717) is 5.92 Å². The largest absolute Gasteiger partial charge is 0.493 e. The molecule has 4 heteroatoms. The van der Waals surface area contributed by atoms with Crippen LogP contribution in [-0.2, 0) is 0 Å². The smallest absolute Gasteiger partial charge is 0.168 e. The van der Waals surface area contributed by atoms with Gasteiger partial charge in [0, 0.05) is 12.7 Å². The molecule has 0 aliphatic carbocycles. The van der Waals surface area contributed by atoms with Crippen LogP contribution >= 0.6 is 0 Å². The number of pyridine rings is 1. The number of anilines is 1. The van der Waals surface area contributed by atoms with Gasteiger partial charge in [-0.05, 0) is 37.4 Å². The molecule has 1 aromatic heterocycles. The van der Waals surface area contributed by atoms with Gasteiger partial charge in [0.05, 0.1) is 7.11 Å². The van der Waals surface area contributed by atoms with E-state index in [1.54, 1.807) is 13.3 Å². The predicted octanol–water partition coefficient (Wildman–Crippen LogP) is 1.88. The fourth-order valence-electron chi connectivity index (χ4n) is 1.46. The summed E-state index contributed by atoms with van der Waals surface area (Å²) in [5.74, 6) is 2.19. The molecule has 0 radical (unpaired) electrons. The van der Waals surface area contributed by atoms with Crippen molar-refractivity contribution < 1.29 is 4.74 Å². The van der Waals surface area contributed by atoms with Crippen molar-refractivity contribution in [3.8, 4) is 5.75 Å². The molecular formula is C12H21N3O. The Hall–Kier alpha value is -1.29. The molecule has 0 aliphatic rings. The number of nitrogens with two attached hydrogens (primary N) is 1. The summed E-state index contributed by atoms with van der Waals surface area (Å²) in [5.41, 5.74) is 5.56. The highest BCUT2D eigenvalue weighted by Gasteiger charge is 2.02. The Bertz CT molecular complexity index is 304. The van der Waals surface area contributed by atoms with E-state index in [1.165, 1.54) is 0 Å². The van der Waals surface area contributed by atoms with E-state index in [2.05, 4.69) is 17.2 Å². The number of rotatable bonds is 7. The maximum absolute atomic E-state index is 5.56. The Kier molecular flexibility index (Phi) is 5.64. The van der Waals surface area contributed by atoms with E-state index >= 15 is 0 Å². The predicted molar refractivity (Wildman–Crippen MR) is 66.7 cm³/mol. The minimum atomic E-state index is 0.590. The van der Waals surface area contributed by atoms with E-state index in [-0.39, 0.29) is 0 Å². The van der Waals surface area contributed by atoms with Crippen molar-refractivity contribution in [3.05, 3.63) is 18.3 Å². The molecule has 0 saturated carbocycles.